The molecule has 1 fully saturated rings. The number of fused-ring (bicyclic) bond motifs is 1. The molecule has 0 aliphatic carbocycles. The maximum atomic E-state index is 11.5. The number of halogens is 1. The van der Waals surface area contributed by atoms with Gasteiger partial charge in [-0.25, -0.2) is 13.4 Å². The Balaban J connectivity index is 1.80. The number of sulfone groups is 1. The Morgan fingerprint density at radius 1 is 1.30 bits per heavy atom. The van der Waals surface area contributed by atoms with E-state index in [0.29, 0.717) is 12.3 Å². The molecule has 1 N–H and O–H groups in total. The summed E-state index contributed by atoms with van der Waals surface area (Å²) in [7, 11) is -2.82. The van der Waals surface area contributed by atoms with Gasteiger partial charge in [0.15, 0.2) is 9.84 Å². The molecule has 1 aromatic carbocycles. The monoisotopic (exact) mass is 354 g/mol. The quantitative estimate of drug-likeness (QED) is 0.920. The number of aromatic nitrogens is 1. The van der Waals surface area contributed by atoms with Gasteiger partial charge in [-0.15, -0.1) is 0 Å². The molecule has 1 aliphatic rings. The summed E-state index contributed by atoms with van der Waals surface area (Å²) in [4.78, 5) is 4.36. The molecule has 20 heavy (non-hydrogen) atoms. The summed E-state index contributed by atoms with van der Waals surface area (Å²) in [5.41, 5.74) is 0. The number of hydrogen-bond donors (Lipinski definition) is 1. The Labute approximate surface area is 126 Å². The molecule has 1 aliphatic heterocycles. The van der Waals surface area contributed by atoms with Crippen molar-refractivity contribution in [3.8, 4) is 0 Å². The van der Waals surface area contributed by atoms with Crippen LogP contribution < -0.4 is 5.32 Å². The molecular weight excluding hydrogens is 340 g/mol. The Bertz CT molecular complexity index is 746. The van der Waals surface area contributed by atoms with Crippen molar-refractivity contribution in [2.24, 2.45) is 5.92 Å². The van der Waals surface area contributed by atoms with Gasteiger partial charge in [0.25, 0.3) is 0 Å². The van der Waals surface area contributed by atoms with E-state index in [0.717, 1.165) is 27.5 Å². The SMILES string of the molecule is O=S1(=O)CCC(CNc2nccc3c(Br)cccc23)C1. The largest absolute Gasteiger partial charge is 0.369 e. The number of rotatable bonds is 3. The smallest absolute Gasteiger partial charge is 0.150 e. The van der Waals surface area contributed by atoms with Gasteiger partial charge in [0.1, 0.15) is 5.82 Å². The highest BCUT2D eigenvalue weighted by atomic mass is 79.9. The fourth-order valence-corrected chi connectivity index (χ4v) is 4.94. The third-order valence-electron chi connectivity index (χ3n) is 3.64. The minimum atomic E-state index is -2.82. The molecule has 2 aromatic rings. The molecule has 1 atom stereocenters. The average molecular weight is 355 g/mol. The molecule has 0 radical (unpaired) electrons. The van der Waals surface area contributed by atoms with Gasteiger partial charge in [-0.3, -0.25) is 0 Å². The maximum Gasteiger partial charge on any atom is 0.150 e. The van der Waals surface area contributed by atoms with Crippen molar-refractivity contribution in [3.63, 3.8) is 0 Å². The van der Waals surface area contributed by atoms with E-state index in [4.69, 9.17) is 0 Å². The third-order valence-corrected chi connectivity index (χ3v) is 6.17. The van der Waals surface area contributed by atoms with Crippen molar-refractivity contribution in [3.05, 3.63) is 34.9 Å². The van der Waals surface area contributed by atoms with Gasteiger partial charge < -0.3 is 5.32 Å². The fourth-order valence-electron chi connectivity index (χ4n) is 2.58. The topological polar surface area (TPSA) is 59.1 Å². The lowest BCUT2D eigenvalue weighted by atomic mass is 10.1. The Morgan fingerprint density at radius 3 is 2.90 bits per heavy atom. The first-order valence-corrected chi connectivity index (χ1v) is 9.14. The second-order valence-electron chi connectivity index (χ2n) is 5.14. The predicted molar refractivity (Wildman–Crippen MR) is 84.7 cm³/mol. The second kappa shape index (κ2) is 5.33. The zero-order valence-electron chi connectivity index (χ0n) is 10.8. The van der Waals surface area contributed by atoms with Crippen molar-refractivity contribution in [2.75, 3.05) is 23.4 Å². The van der Waals surface area contributed by atoms with Gasteiger partial charge in [0.2, 0.25) is 0 Å². The van der Waals surface area contributed by atoms with Crippen LogP contribution in [0, 0.1) is 5.92 Å². The number of pyridine rings is 1. The van der Waals surface area contributed by atoms with Crippen LogP contribution in [0.15, 0.2) is 34.9 Å². The van der Waals surface area contributed by atoms with Crippen LogP contribution in [0.1, 0.15) is 6.42 Å². The molecule has 1 unspecified atom stereocenters. The summed E-state index contributed by atoms with van der Waals surface area (Å²) < 4.78 is 24.0. The zero-order valence-corrected chi connectivity index (χ0v) is 13.2. The Morgan fingerprint density at radius 2 is 2.15 bits per heavy atom. The molecule has 0 amide bonds. The second-order valence-corrected chi connectivity index (χ2v) is 8.23. The molecule has 4 nitrogen and oxygen atoms in total. The van der Waals surface area contributed by atoms with Crippen molar-refractivity contribution in [1.82, 2.24) is 4.98 Å². The Hall–Kier alpha value is -1.14. The molecule has 2 heterocycles. The summed E-state index contributed by atoms with van der Waals surface area (Å²) in [6, 6.07) is 7.94. The fraction of sp³-hybridized carbons (Fsp3) is 0.357. The average Bonchev–Trinajstić information content (AvgIpc) is 2.77. The first-order chi connectivity index (χ1) is 9.55. The van der Waals surface area contributed by atoms with E-state index in [1.807, 2.05) is 24.3 Å². The van der Waals surface area contributed by atoms with Crippen LogP contribution >= 0.6 is 15.9 Å². The van der Waals surface area contributed by atoms with Crippen LogP contribution in [0.2, 0.25) is 0 Å². The molecule has 106 valence electrons. The minimum Gasteiger partial charge on any atom is -0.369 e. The molecule has 3 rings (SSSR count). The molecule has 0 bridgehead atoms. The van der Waals surface area contributed by atoms with E-state index >= 15 is 0 Å². The van der Waals surface area contributed by atoms with Gasteiger partial charge >= 0.3 is 0 Å². The molecule has 0 spiro atoms. The number of nitrogens with one attached hydrogen (secondary N) is 1. The zero-order chi connectivity index (χ0) is 14.2. The van der Waals surface area contributed by atoms with Gasteiger partial charge in [0.05, 0.1) is 11.5 Å². The standard InChI is InChI=1S/C14H15BrN2O2S/c15-13-3-1-2-12-11(13)4-6-16-14(12)17-8-10-5-7-20(18,19)9-10/h1-4,6,10H,5,7-9H2,(H,16,17). The lowest BCUT2D eigenvalue weighted by molar-refractivity contribution is 0.596. The van der Waals surface area contributed by atoms with Crippen LogP contribution in [0.4, 0.5) is 5.82 Å². The van der Waals surface area contributed by atoms with E-state index in [1.165, 1.54) is 0 Å². The molecule has 1 saturated heterocycles. The van der Waals surface area contributed by atoms with Gasteiger partial charge in [0, 0.05) is 28.0 Å². The van der Waals surface area contributed by atoms with E-state index in [-0.39, 0.29) is 11.7 Å². The predicted octanol–water partition coefficient (Wildman–Crippen LogP) is 2.84. The molecule has 1 aromatic heterocycles. The highest BCUT2D eigenvalue weighted by Gasteiger charge is 2.27. The lowest BCUT2D eigenvalue weighted by Crippen LogP contribution is -2.16. The van der Waals surface area contributed by atoms with Crippen molar-refractivity contribution >= 4 is 42.4 Å². The van der Waals surface area contributed by atoms with Crippen LogP contribution in [-0.2, 0) is 9.84 Å². The molecule has 6 heteroatoms. The lowest BCUT2D eigenvalue weighted by Gasteiger charge is -2.12. The summed E-state index contributed by atoms with van der Waals surface area (Å²) >= 11 is 3.53. The van der Waals surface area contributed by atoms with E-state index in [9.17, 15) is 8.42 Å². The first kappa shape index (κ1) is 13.8. The highest BCUT2D eigenvalue weighted by molar-refractivity contribution is 9.10. The number of nitrogens with zero attached hydrogens (tertiary/aromatic N) is 1. The third kappa shape index (κ3) is 2.81. The summed E-state index contributed by atoms with van der Waals surface area (Å²) in [6.45, 7) is 0.651. The highest BCUT2D eigenvalue weighted by Crippen LogP contribution is 2.28. The van der Waals surface area contributed by atoms with Gasteiger partial charge in [-0.05, 0) is 24.5 Å². The molecular formula is C14H15BrN2O2S. The summed E-state index contributed by atoms with van der Waals surface area (Å²) in [5.74, 6) is 1.60. The van der Waals surface area contributed by atoms with Gasteiger partial charge in [-0.1, -0.05) is 28.1 Å². The van der Waals surface area contributed by atoms with E-state index < -0.39 is 9.84 Å². The normalized spacial score (nSPS) is 21.1. The van der Waals surface area contributed by atoms with Gasteiger partial charge in [-0.2, -0.15) is 0 Å². The van der Waals surface area contributed by atoms with Crippen molar-refractivity contribution < 1.29 is 8.42 Å². The van der Waals surface area contributed by atoms with E-state index in [2.05, 4.69) is 26.2 Å². The summed E-state index contributed by atoms with van der Waals surface area (Å²) in [6.07, 6.45) is 2.50. The minimum absolute atomic E-state index is 0.184. The number of benzene rings is 1. The number of hydrogen-bond acceptors (Lipinski definition) is 4. The van der Waals surface area contributed by atoms with Crippen LogP contribution in [0.5, 0.6) is 0 Å². The summed E-state index contributed by atoms with van der Waals surface area (Å²) in [5, 5.41) is 5.44. The van der Waals surface area contributed by atoms with Crippen LogP contribution in [-0.4, -0.2) is 31.5 Å². The molecule has 0 saturated carbocycles. The van der Waals surface area contributed by atoms with Crippen molar-refractivity contribution in [2.45, 2.75) is 6.42 Å². The van der Waals surface area contributed by atoms with Crippen LogP contribution in [0.25, 0.3) is 10.8 Å². The first-order valence-electron chi connectivity index (χ1n) is 6.53. The maximum absolute atomic E-state index is 11.5. The van der Waals surface area contributed by atoms with Crippen molar-refractivity contribution in [1.29, 1.82) is 0 Å². The number of anilines is 1. The Kier molecular flexibility index (Phi) is 3.69. The van der Waals surface area contributed by atoms with E-state index in [1.54, 1.807) is 6.20 Å². The van der Waals surface area contributed by atoms with Crippen LogP contribution in [0.3, 0.4) is 0 Å².